The smallest absolute Gasteiger partial charge is 0.406 e. The maximum Gasteiger partial charge on any atom is 0.573 e. The van der Waals surface area contributed by atoms with E-state index in [0.717, 1.165) is 36.7 Å². The average molecular weight is 492 g/mol. The summed E-state index contributed by atoms with van der Waals surface area (Å²) in [5.41, 5.74) is 1.29. The zero-order valence-electron chi connectivity index (χ0n) is 18.3. The molecule has 180 valence electrons. The molecule has 4 rings (SSSR count). The quantitative estimate of drug-likeness (QED) is 0.453. The van der Waals surface area contributed by atoms with Crippen molar-refractivity contribution in [1.29, 1.82) is 0 Å². The van der Waals surface area contributed by atoms with E-state index in [1.165, 1.54) is 43.2 Å². The fourth-order valence-corrected chi connectivity index (χ4v) is 4.49. The number of likely N-dealkylation sites (tertiary alicyclic amines) is 1. The zero-order chi connectivity index (χ0) is 24.0. The van der Waals surface area contributed by atoms with Gasteiger partial charge in [-0.05, 0) is 62.3 Å². The first-order valence-electron chi connectivity index (χ1n) is 10.9. The number of carbonyl (C=O) groups excluding carboxylic acids is 1. The van der Waals surface area contributed by atoms with Gasteiger partial charge in [-0.25, -0.2) is 0 Å². The van der Waals surface area contributed by atoms with E-state index in [1.54, 1.807) is 0 Å². The number of anilines is 1. The van der Waals surface area contributed by atoms with Gasteiger partial charge in [-0.2, -0.15) is 0 Å². The van der Waals surface area contributed by atoms with Crippen LogP contribution in [0.5, 0.6) is 5.75 Å². The number of hydrogen-bond acceptors (Lipinski definition) is 6. The highest BCUT2D eigenvalue weighted by Gasteiger charge is 2.31. The molecule has 0 aliphatic carbocycles. The van der Waals surface area contributed by atoms with Crippen molar-refractivity contribution in [3.63, 3.8) is 0 Å². The first-order chi connectivity index (χ1) is 16.4. The number of aromatic nitrogens is 3. The minimum atomic E-state index is -4.76. The Balaban J connectivity index is 1.41. The molecule has 0 unspecified atom stereocenters. The van der Waals surface area contributed by atoms with Gasteiger partial charge in [0.15, 0.2) is 11.0 Å². The molecule has 2 heterocycles. The van der Waals surface area contributed by atoms with E-state index in [4.69, 9.17) is 0 Å². The lowest BCUT2D eigenvalue weighted by Gasteiger charge is -2.26. The van der Waals surface area contributed by atoms with Crippen LogP contribution < -0.4 is 10.1 Å². The number of rotatable bonds is 8. The minimum Gasteiger partial charge on any atom is -0.406 e. The van der Waals surface area contributed by atoms with Crippen LogP contribution in [0.3, 0.4) is 0 Å². The van der Waals surface area contributed by atoms with E-state index in [0.29, 0.717) is 17.4 Å². The number of halogens is 3. The molecule has 3 aromatic rings. The number of piperidine rings is 1. The number of benzene rings is 2. The topological polar surface area (TPSA) is 72.3 Å². The molecule has 1 saturated heterocycles. The average Bonchev–Trinajstić information content (AvgIpc) is 3.21. The van der Waals surface area contributed by atoms with Gasteiger partial charge in [0.25, 0.3) is 0 Å². The molecular weight excluding hydrogens is 467 g/mol. The predicted octanol–water partition coefficient (Wildman–Crippen LogP) is 4.88. The summed E-state index contributed by atoms with van der Waals surface area (Å²) in [5.74, 6) is 0.221. The van der Waals surface area contributed by atoms with Crippen molar-refractivity contribution in [3.8, 4) is 11.4 Å². The largest absolute Gasteiger partial charge is 0.573 e. The molecule has 0 spiro atoms. The summed E-state index contributed by atoms with van der Waals surface area (Å²) in [4.78, 5) is 14.8. The standard InChI is InChI=1S/C23H24F3N5O2S/c24-23(25,26)33-19-11-9-17(10-12-19)27-21(32)16-34-22-29-28-20(15-30-13-5-2-6-14-30)31(22)18-7-3-1-4-8-18/h1,3-4,7-12H,2,5-6,13-16H2,(H,27,32). The van der Waals surface area contributed by atoms with Gasteiger partial charge < -0.3 is 10.1 Å². The van der Waals surface area contributed by atoms with Gasteiger partial charge in [0.2, 0.25) is 5.91 Å². The third-order valence-corrected chi connectivity index (χ3v) is 6.16. The van der Waals surface area contributed by atoms with Crippen LogP contribution in [0.15, 0.2) is 59.8 Å². The van der Waals surface area contributed by atoms with Crippen molar-refractivity contribution < 1.29 is 22.7 Å². The molecule has 1 aromatic heterocycles. The summed E-state index contributed by atoms with van der Waals surface area (Å²) in [6, 6.07) is 14.8. The lowest BCUT2D eigenvalue weighted by Crippen LogP contribution is -2.30. The van der Waals surface area contributed by atoms with Gasteiger partial charge >= 0.3 is 6.36 Å². The Hall–Kier alpha value is -3.05. The lowest BCUT2D eigenvalue weighted by molar-refractivity contribution is -0.274. The van der Waals surface area contributed by atoms with Crippen molar-refractivity contribution in [2.24, 2.45) is 0 Å². The highest BCUT2D eigenvalue weighted by Crippen LogP contribution is 2.26. The summed E-state index contributed by atoms with van der Waals surface area (Å²) in [7, 11) is 0. The Bertz CT molecular complexity index is 1080. The van der Waals surface area contributed by atoms with Crippen LogP contribution >= 0.6 is 11.8 Å². The third kappa shape index (κ3) is 6.73. The van der Waals surface area contributed by atoms with E-state index in [2.05, 4.69) is 25.2 Å². The third-order valence-electron chi connectivity index (χ3n) is 5.23. The van der Waals surface area contributed by atoms with Gasteiger partial charge in [-0.1, -0.05) is 36.4 Å². The van der Waals surface area contributed by atoms with Crippen molar-refractivity contribution in [1.82, 2.24) is 19.7 Å². The molecule has 2 aromatic carbocycles. The van der Waals surface area contributed by atoms with E-state index < -0.39 is 6.36 Å². The van der Waals surface area contributed by atoms with Gasteiger partial charge in [0, 0.05) is 11.4 Å². The molecule has 34 heavy (non-hydrogen) atoms. The molecule has 1 aliphatic heterocycles. The second kappa shape index (κ2) is 10.9. The van der Waals surface area contributed by atoms with Gasteiger partial charge in [0.05, 0.1) is 12.3 Å². The molecule has 1 amide bonds. The van der Waals surface area contributed by atoms with Crippen LogP contribution in [0.4, 0.5) is 18.9 Å². The molecule has 1 N–H and O–H groups in total. The van der Waals surface area contributed by atoms with Crippen LogP contribution in [0.1, 0.15) is 25.1 Å². The highest BCUT2D eigenvalue weighted by molar-refractivity contribution is 7.99. The second-order valence-corrected chi connectivity index (χ2v) is 8.76. The molecule has 0 radical (unpaired) electrons. The number of carbonyl (C=O) groups is 1. The van der Waals surface area contributed by atoms with Crippen LogP contribution in [0, 0.1) is 0 Å². The van der Waals surface area contributed by atoms with Crippen LogP contribution in [0.2, 0.25) is 0 Å². The minimum absolute atomic E-state index is 0.0650. The fraction of sp³-hybridized carbons (Fsp3) is 0.348. The van der Waals surface area contributed by atoms with Gasteiger partial charge in [-0.15, -0.1) is 23.4 Å². The van der Waals surface area contributed by atoms with Gasteiger partial charge in [-0.3, -0.25) is 14.3 Å². The number of ether oxygens (including phenoxy) is 1. The molecule has 1 fully saturated rings. The van der Waals surface area contributed by atoms with Crippen LogP contribution in [0.25, 0.3) is 5.69 Å². The van der Waals surface area contributed by atoms with Crippen LogP contribution in [-0.4, -0.2) is 50.8 Å². The normalized spacial score (nSPS) is 14.7. The number of para-hydroxylation sites is 1. The van der Waals surface area contributed by atoms with Crippen molar-refractivity contribution >= 4 is 23.4 Å². The molecule has 7 nitrogen and oxygen atoms in total. The fourth-order valence-electron chi connectivity index (χ4n) is 3.72. The predicted molar refractivity (Wildman–Crippen MR) is 123 cm³/mol. The second-order valence-electron chi connectivity index (χ2n) is 7.82. The molecule has 11 heteroatoms. The number of hydrogen-bond donors (Lipinski definition) is 1. The maximum atomic E-state index is 12.5. The monoisotopic (exact) mass is 491 g/mol. The van der Waals surface area contributed by atoms with E-state index in [9.17, 15) is 18.0 Å². The van der Waals surface area contributed by atoms with E-state index in [1.807, 2.05) is 34.9 Å². The summed E-state index contributed by atoms with van der Waals surface area (Å²) in [6.07, 6.45) is -1.17. The molecule has 1 aliphatic rings. The summed E-state index contributed by atoms with van der Waals surface area (Å²) < 4.78 is 42.7. The molecule has 0 bridgehead atoms. The highest BCUT2D eigenvalue weighted by atomic mass is 32.2. The number of thioether (sulfide) groups is 1. The number of nitrogens with one attached hydrogen (secondary N) is 1. The Kier molecular flexibility index (Phi) is 7.73. The Labute approximate surface area is 199 Å². The maximum absolute atomic E-state index is 12.5. The number of nitrogens with zero attached hydrogens (tertiary/aromatic N) is 4. The molecule has 0 saturated carbocycles. The van der Waals surface area contributed by atoms with E-state index in [-0.39, 0.29) is 17.4 Å². The van der Waals surface area contributed by atoms with Crippen molar-refractivity contribution in [2.75, 3.05) is 24.2 Å². The summed E-state index contributed by atoms with van der Waals surface area (Å²) >= 11 is 1.25. The Morgan fingerprint density at radius 2 is 1.71 bits per heavy atom. The van der Waals surface area contributed by atoms with Gasteiger partial charge in [0.1, 0.15) is 5.75 Å². The molecular formula is C23H24F3N5O2S. The lowest BCUT2D eigenvalue weighted by atomic mass is 10.1. The summed E-state index contributed by atoms with van der Waals surface area (Å²) in [5, 5.41) is 12.0. The number of alkyl halides is 3. The van der Waals surface area contributed by atoms with Crippen molar-refractivity contribution in [3.05, 3.63) is 60.4 Å². The van der Waals surface area contributed by atoms with Crippen LogP contribution in [-0.2, 0) is 11.3 Å². The Morgan fingerprint density at radius 1 is 1.00 bits per heavy atom. The number of amides is 1. The van der Waals surface area contributed by atoms with Crippen molar-refractivity contribution in [2.45, 2.75) is 37.3 Å². The van der Waals surface area contributed by atoms with E-state index >= 15 is 0 Å². The Morgan fingerprint density at radius 3 is 2.38 bits per heavy atom. The SMILES string of the molecule is O=C(CSc1nnc(CN2CCCCC2)n1-c1ccccc1)Nc1ccc(OC(F)(F)F)cc1. The summed E-state index contributed by atoms with van der Waals surface area (Å²) in [6.45, 7) is 2.74. The molecule has 0 atom stereocenters. The zero-order valence-corrected chi connectivity index (χ0v) is 19.1. The first kappa shape index (κ1) is 24.1. The first-order valence-corrected chi connectivity index (χ1v) is 11.9.